The second-order valence-corrected chi connectivity index (χ2v) is 5.87. The minimum absolute atomic E-state index is 0.0701. The van der Waals surface area contributed by atoms with E-state index in [9.17, 15) is 14.7 Å². The highest BCUT2D eigenvalue weighted by atomic mass is 16.5. The highest BCUT2D eigenvalue weighted by Crippen LogP contribution is 2.24. The van der Waals surface area contributed by atoms with Crippen molar-refractivity contribution in [1.29, 1.82) is 0 Å². The first-order valence-corrected chi connectivity index (χ1v) is 7.17. The Bertz CT molecular complexity index is 378. The number of hydrogen-bond donors (Lipinski definition) is 2. The zero-order valence-corrected chi connectivity index (χ0v) is 12.5. The van der Waals surface area contributed by atoms with Gasteiger partial charge < -0.3 is 15.2 Å². The molecule has 1 rings (SSSR count). The molecular weight excluding hydrogens is 258 g/mol. The maximum atomic E-state index is 12.2. The monoisotopic (exact) mass is 283 g/mol. The van der Waals surface area contributed by atoms with Crippen molar-refractivity contribution in [1.82, 2.24) is 5.32 Å². The topological polar surface area (TPSA) is 75.6 Å². The predicted molar refractivity (Wildman–Crippen MR) is 75.6 cm³/mol. The summed E-state index contributed by atoms with van der Waals surface area (Å²) >= 11 is 0. The number of allylic oxidation sites excluding steroid dienone is 1. The molecule has 3 atom stereocenters. The Morgan fingerprint density at radius 1 is 1.35 bits per heavy atom. The number of hydrogen-bond acceptors (Lipinski definition) is 4. The van der Waals surface area contributed by atoms with Crippen molar-refractivity contribution in [2.45, 2.75) is 58.6 Å². The van der Waals surface area contributed by atoms with E-state index in [1.165, 1.54) is 0 Å². The van der Waals surface area contributed by atoms with Crippen molar-refractivity contribution in [2.75, 3.05) is 0 Å². The summed E-state index contributed by atoms with van der Waals surface area (Å²) < 4.78 is 4.99. The second kappa shape index (κ2) is 7.43. The molecule has 1 saturated carbocycles. The van der Waals surface area contributed by atoms with Crippen LogP contribution in [-0.2, 0) is 14.3 Å². The van der Waals surface area contributed by atoms with Gasteiger partial charge in [-0.05, 0) is 32.1 Å². The molecule has 0 saturated heterocycles. The fourth-order valence-electron chi connectivity index (χ4n) is 2.41. The van der Waals surface area contributed by atoms with Crippen LogP contribution in [0.25, 0.3) is 0 Å². The molecule has 2 unspecified atom stereocenters. The predicted octanol–water partition coefficient (Wildman–Crippen LogP) is 1.76. The van der Waals surface area contributed by atoms with Gasteiger partial charge in [0.05, 0.1) is 11.9 Å². The number of rotatable bonds is 5. The molecule has 0 aromatic rings. The molecule has 0 aromatic carbocycles. The summed E-state index contributed by atoms with van der Waals surface area (Å²) in [6.07, 6.45) is 2.38. The SMILES string of the molecule is C=C(C)OC(=O)[C@@H](NC(=O)C1CCCC(O)C1)C(C)C. The lowest BCUT2D eigenvalue weighted by atomic mass is 9.86. The van der Waals surface area contributed by atoms with E-state index < -0.39 is 18.1 Å². The molecule has 2 N–H and O–H groups in total. The highest BCUT2D eigenvalue weighted by molar-refractivity contribution is 5.86. The van der Waals surface area contributed by atoms with E-state index in [1.807, 2.05) is 13.8 Å². The van der Waals surface area contributed by atoms with Crippen LogP contribution in [0.4, 0.5) is 0 Å². The van der Waals surface area contributed by atoms with Crippen LogP contribution in [-0.4, -0.2) is 29.1 Å². The maximum Gasteiger partial charge on any atom is 0.333 e. The molecular formula is C15H25NO4. The van der Waals surface area contributed by atoms with Crippen LogP contribution in [0.3, 0.4) is 0 Å². The lowest BCUT2D eigenvalue weighted by Gasteiger charge is -2.28. The van der Waals surface area contributed by atoms with Gasteiger partial charge in [0.2, 0.25) is 5.91 Å². The van der Waals surface area contributed by atoms with Gasteiger partial charge in [-0.3, -0.25) is 4.79 Å². The molecule has 5 nitrogen and oxygen atoms in total. The summed E-state index contributed by atoms with van der Waals surface area (Å²) in [4.78, 5) is 24.1. The molecule has 0 heterocycles. The van der Waals surface area contributed by atoms with Crippen LogP contribution >= 0.6 is 0 Å². The normalized spacial score (nSPS) is 24.1. The molecule has 0 bridgehead atoms. The van der Waals surface area contributed by atoms with E-state index in [0.717, 1.165) is 19.3 Å². The van der Waals surface area contributed by atoms with Gasteiger partial charge in [-0.1, -0.05) is 26.8 Å². The zero-order chi connectivity index (χ0) is 15.3. The number of amides is 1. The van der Waals surface area contributed by atoms with Gasteiger partial charge in [0.25, 0.3) is 0 Å². The van der Waals surface area contributed by atoms with E-state index in [1.54, 1.807) is 6.92 Å². The standard InChI is InChI=1S/C15H25NO4/c1-9(2)13(15(19)20-10(3)4)16-14(18)11-6-5-7-12(17)8-11/h9,11-13,17H,3,5-8H2,1-2,4H3,(H,16,18)/t11?,12?,13-/m0/s1. The van der Waals surface area contributed by atoms with Crippen molar-refractivity contribution in [3.8, 4) is 0 Å². The summed E-state index contributed by atoms with van der Waals surface area (Å²) in [5, 5.41) is 12.4. The lowest BCUT2D eigenvalue weighted by Crippen LogP contribution is -2.48. The van der Waals surface area contributed by atoms with Crippen molar-refractivity contribution in [3.63, 3.8) is 0 Å². The van der Waals surface area contributed by atoms with E-state index in [0.29, 0.717) is 12.2 Å². The summed E-state index contributed by atoms with van der Waals surface area (Å²) in [5.41, 5.74) is 0. The fraction of sp³-hybridized carbons (Fsp3) is 0.733. The molecule has 1 amide bonds. The van der Waals surface area contributed by atoms with E-state index >= 15 is 0 Å². The van der Waals surface area contributed by atoms with Gasteiger partial charge in [0, 0.05) is 5.92 Å². The lowest BCUT2D eigenvalue weighted by molar-refractivity contribution is -0.146. The van der Waals surface area contributed by atoms with E-state index in [4.69, 9.17) is 4.74 Å². The second-order valence-electron chi connectivity index (χ2n) is 5.87. The van der Waals surface area contributed by atoms with Gasteiger partial charge in [-0.2, -0.15) is 0 Å². The minimum atomic E-state index is -0.682. The van der Waals surface area contributed by atoms with Crippen molar-refractivity contribution >= 4 is 11.9 Å². The third kappa shape index (κ3) is 4.96. The number of carbonyl (C=O) groups excluding carboxylic acids is 2. The molecule has 20 heavy (non-hydrogen) atoms. The summed E-state index contributed by atoms with van der Waals surface area (Å²) in [5.74, 6) is -0.654. The largest absolute Gasteiger partial charge is 0.430 e. The molecule has 1 aliphatic rings. The average molecular weight is 283 g/mol. The zero-order valence-electron chi connectivity index (χ0n) is 12.5. The van der Waals surface area contributed by atoms with E-state index in [-0.39, 0.29) is 17.7 Å². The van der Waals surface area contributed by atoms with Gasteiger partial charge in [0.1, 0.15) is 6.04 Å². The number of aliphatic hydroxyl groups is 1. The third-order valence-electron chi connectivity index (χ3n) is 3.51. The number of esters is 1. The Morgan fingerprint density at radius 3 is 2.50 bits per heavy atom. The van der Waals surface area contributed by atoms with E-state index in [2.05, 4.69) is 11.9 Å². The Morgan fingerprint density at radius 2 is 2.00 bits per heavy atom. The molecule has 1 fully saturated rings. The van der Waals surface area contributed by atoms with Crippen molar-refractivity contribution in [2.24, 2.45) is 11.8 Å². The number of aliphatic hydroxyl groups excluding tert-OH is 1. The maximum absolute atomic E-state index is 12.2. The molecule has 5 heteroatoms. The minimum Gasteiger partial charge on any atom is -0.430 e. The average Bonchev–Trinajstić information content (AvgIpc) is 2.34. The summed E-state index contributed by atoms with van der Waals surface area (Å²) in [7, 11) is 0. The molecule has 0 radical (unpaired) electrons. The summed E-state index contributed by atoms with van der Waals surface area (Å²) in [6, 6.07) is -0.682. The fourth-order valence-corrected chi connectivity index (χ4v) is 2.41. The van der Waals surface area contributed by atoms with Gasteiger partial charge in [-0.25, -0.2) is 4.79 Å². The highest BCUT2D eigenvalue weighted by Gasteiger charge is 2.31. The Balaban J connectivity index is 2.63. The molecule has 0 aliphatic heterocycles. The summed E-state index contributed by atoms with van der Waals surface area (Å²) in [6.45, 7) is 8.81. The van der Waals surface area contributed by atoms with Crippen LogP contribution in [0.5, 0.6) is 0 Å². The van der Waals surface area contributed by atoms with Gasteiger partial charge in [0.15, 0.2) is 0 Å². The first-order valence-electron chi connectivity index (χ1n) is 7.17. The van der Waals surface area contributed by atoms with Crippen LogP contribution in [0.2, 0.25) is 0 Å². The third-order valence-corrected chi connectivity index (χ3v) is 3.51. The molecule has 1 aliphatic carbocycles. The Labute approximate surface area is 120 Å². The van der Waals surface area contributed by atoms with Gasteiger partial charge >= 0.3 is 5.97 Å². The first kappa shape index (κ1) is 16.7. The van der Waals surface area contributed by atoms with Crippen LogP contribution < -0.4 is 5.32 Å². The molecule has 0 spiro atoms. The number of ether oxygens (including phenoxy) is 1. The molecule has 114 valence electrons. The van der Waals surface area contributed by atoms with Crippen LogP contribution in [0, 0.1) is 11.8 Å². The smallest absolute Gasteiger partial charge is 0.333 e. The molecule has 0 aromatic heterocycles. The van der Waals surface area contributed by atoms with Crippen molar-refractivity contribution < 1.29 is 19.4 Å². The van der Waals surface area contributed by atoms with Crippen LogP contribution in [0.15, 0.2) is 12.3 Å². The Hall–Kier alpha value is -1.36. The van der Waals surface area contributed by atoms with Crippen LogP contribution in [0.1, 0.15) is 46.5 Å². The number of nitrogens with one attached hydrogen (secondary N) is 1. The first-order chi connectivity index (χ1) is 9.31. The quantitative estimate of drug-likeness (QED) is 0.595. The van der Waals surface area contributed by atoms with Gasteiger partial charge in [-0.15, -0.1) is 0 Å². The Kier molecular flexibility index (Phi) is 6.20. The van der Waals surface area contributed by atoms with Crippen molar-refractivity contribution in [3.05, 3.63) is 12.3 Å². The number of carbonyl (C=O) groups is 2.